The molecule has 0 bridgehead atoms. The number of fused-ring (bicyclic) bond motifs is 1. The van der Waals surface area contributed by atoms with E-state index in [0.29, 0.717) is 12.6 Å². The van der Waals surface area contributed by atoms with Gasteiger partial charge in [-0.3, -0.25) is 4.79 Å². The SMILES string of the molecule is O=C(C[NH+]1CCC[C@@H]1c1cccs1)Nc1ccc2ccccc2c1. The number of benzene rings is 2. The number of quaternary nitrogens is 1. The van der Waals surface area contributed by atoms with Crippen LogP contribution in [-0.2, 0) is 4.79 Å². The van der Waals surface area contributed by atoms with Crippen molar-refractivity contribution in [1.29, 1.82) is 0 Å². The van der Waals surface area contributed by atoms with Gasteiger partial charge >= 0.3 is 0 Å². The molecule has 1 aliphatic heterocycles. The van der Waals surface area contributed by atoms with Crippen molar-refractivity contribution in [3.05, 3.63) is 64.9 Å². The van der Waals surface area contributed by atoms with Gasteiger partial charge in [-0.25, -0.2) is 0 Å². The maximum Gasteiger partial charge on any atom is 0.279 e. The van der Waals surface area contributed by atoms with E-state index in [2.05, 4.69) is 41.0 Å². The predicted molar refractivity (Wildman–Crippen MR) is 99.6 cm³/mol. The Labute approximate surface area is 145 Å². The number of nitrogens with one attached hydrogen (secondary N) is 2. The molecule has 0 aliphatic carbocycles. The van der Waals surface area contributed by atoms with Crippen LogP contribution in [0.5, 0.6) is 0 Å². The summed E-state index contributed by atoms with van der Waals surface area (Å²) < 4.78 is 0. The second-order valence-electron chi connectivity index (χ2n) is 6.41. The molecule has 2 atom stereocenters. The molecule has 122 valence electrons. The van der Waals surface area contributed by atoms with Crippen LogP contribution in [0.15, 0.2) is 60.0 Å². The zero-order chi connectivity index (χ0) is 16.4. The minimum Gasteiger partial charge on any atom is -0.321 e. The van der Waals surface area contributed by atoms with Gasteiger partial charge < -0.3 is 10.2 Å². The van der Waals surface area contributed by atoms with Crippen molar-refractivity contribution < 1.29 is 9.69 Å². The van der Waals surface area contributed by atoms with Crippen LogP contribution in [-0.4, -0.2) is 19.0 Å². The fourth-order valence-corrected chi connectivity index (χ4v) is 4.55. The lowest BCUT2D eigenvalue weighted by atomic mass is 10.1. The van der Waals surface area contributed by atoms with Crippen LogP contribution in [0.4, 0.5) is 5.69 Å². The largest absolute Gasteiger partial charge is 0.321 e. The summed E-state index contributed by atoms with van der Waals surface area (Å²) >= 11 is 1.80. The standard InChI is InChI=1S/C20H20N2OS/c23-20(14-22-11-3-7-18(22)19-8-4-12-24-19)21-17-10-9-15-5-1-2-6-16(15)13-17/h1-2,4-6,8-10,12-13,18H,3,7,11,14H2,(H,21,23)/p+1/t18-/m1/s1. The molecule has 0 spiro atoms. The third kappa shape index (κ3) is 3.21. The molecule has 4 heteroatoms. The molecular weight excluding hydrogens is 316 g/mol. The molecule has 4 rings (SSSR count). The van der Waals surface area contributed by atoms with Crippen LogP contribution in [0.1, 0.15) is 23.8 Å². The van der Waals surface area contributed by atoms with Crippen molar-refractivity contribution in [2.24, 2.45) is 0 Å². The first-order valence-corrected chi connectivity index (χ1v) is 9.34. The van der Waals surface area contributed by atoms with Crippen LogP contribution in [0.3, 0.4) is 0 Å². The monoisotopic (exact) mass is 337 g/mol. The second kappa shape index (κ2) is 6.75. The molecule has 0 radical (unpaired) electrons. The number of carbonyl (C=O) groups excluding carboxylic acids is 1. The van der Waals surface area contributed by atoms with Gasteiger partial charge in [0.1, 0.15) is 6.04 Å². The molecular formula is C20H21N2OS+. The molecule has 1 aliphatic rings. The Morgan fingerprint density at radius 2 is 2.00 bits per heavy atom. The van der Waals surface area contributed by atoms with Crippen molar-refractivity contribution in [1.82, 2.24) is 0 Å². The lowest BCUT2D eigenvalue weighted by molar-refractivity contribution is -0.910. The molecule has 2 heterocycles. The van der Waals surface area contributed by atoms with Crippen molar-refractivity contribution >= 4 is 33.7 Å². The van der Waals surface area contributed by atoms with Gasteiger partial charge in [-0.1, -0.05) is 36.4 Å². The van der Waals surface area contributed by atoms with E-state index in [1.807, 2.05) is 24.3 Å². The molecule has 1 amide bonds. The summed E-state index contributed by atoms with van der Waals surface area (Å²) in [5.41, 5.74) is 0.880. The number of carbonyl (C=O) groups is 1. The molecule has 2 N–H and O–H groups in total. The lowest BCUT2D eigenvalue weighted by Crippen LogP contribution is -3.11. The van der Waals surface area contributed by atoms with Crippen LogP contribution < -0.4 is 10.2 Å². The second-order valence-corrected chi connectivity index (χ2v) is 7.38. The first kappa shape index (κ1) is 15.4. The summed E-state index contributed by atoms with van der Waals surface area (Å²) in [5.74, 6) is 0.101. The van der Waals surface area contributed by atoms with E-state index in [4.69, 9.17) is 0 Å². The number of amides is 1. The Bertz CT molecular complexity index is 844. The van der Waals surface area contributed by atoms with Gasteiger partial charge in [0, 0.05) is 18.5 Å². The predicted octanol–water partition coefficient (Wildman–Crippen LogP) is 3.26. The summed E-state index contributed by atoms with van der Waals surface area (Å²) in [7, 11) is 0. The summed E-state index contributed by atoms with van der Waals surface area (Å²) in [6.07, 6.45) is 2.38. The van der Waals surface area contributed by atoms with E-state index in [9.17, 15) is 4.79 Å². The number of rotatable bonds is 4. The number of hydrogen-bond donors (Lipinski definition) is 2. The number of hydrogen-bond acceptors (Lipinski definition) is 2. The van der Waals surface area contributed by atoms with Crippen molar-refractivity contribution in [2.75, 3.05) is 18.4 Å². The summed E-state index contributed by atoms with van der Waals surface area (Å²) in [5, 5.41) is 7.54. The van der Waals surface area contributed by atoms with Crippen molar-refractivity contribution in [3.63, 3.8) is 0 Å². The van der Waals surface area contributed by atoms with Crippen molar-refractivity contribution in [2.45, 2.75) is 18.9 Å². The Morgan fingerprint density at radius 1 is 1.12 bits per heavy atom. The summed E-state index contributed by atoms with van der Waals surface area (Å²) in [6.45, 7) is 1.61. The highest BCUT2D eigenvalue weighted by atomic mass is 32.1. The molecule has 1 fully saturated rings. The van der Waals surface area contributed by atoms with Crippen LogP contribution in [0.2, 0.25) is 0 Å². The lowest BCUT2D eigenvalue weighted by Gasteiger charge is -2.20. The fraction of sp³-hybridized carbons (Fsp3) is 0.250. The Kier molecular flexibility index (Phi) is 4.32. The average molecular weight is 337 g/mol. The Morgan fingerprint density at radius 3 is 2.83 bits per heavy atom. The number of likely N-dealkylation sites (tertiary alicyclic amines) is 1. The van der Waals surface area contributed by atoms with Crippen molar-refractivity contribution in [3.8, 4) is 0 Å². The van der Waals surface area contributed by atoms with E-state index < -0.39 is 0 Å². The molecule has 24 heavy (non-hydrogen) atoms. The van der Waals surface area contributed by atoms with E-state index in [1.165, 1.54) is 28.0 Å². The van der Waals surface area contributed by atoms with E-state index in [-0.39, 0.29) is 5.91 Å². The molecule has 1 aromatic heterocycles. The zero-order valence-corrected chi connectivity index (χ0v) is 14.3. The van der Waals surface area contributed by atoms with Gasteiger partial charge in [0.15, 0.2) is 6.54 Å². The number of thiophene rings is 1. The van der Waals surface area contributed by atoms with E-state index in [1.54, 1.807) is 11.3 Å². The first-order chi connectivity index (χ1) is 11.8. The van der Waals surface area contributed by atoms with E-state index >= 15 is 0 Å². The minimum atomic E-state index is 0.101. The normalized spacial score (nSPS) is 20.3. The highest BCUT2D eigenvalue weighted by Gasteiger charge is 2.32. The average Bonchev–Trinajstić information content (AvgIpc) is 3.25. The van der Waals surface area contributed by atoms with Gasteiger partial charge in [-0.15, -0.1) is 11.3 Å². The quantitative estimate of drug-likeness (QED) is 0.753. The Balaban J connectivity index is 1.44. The molecule has 0 saturated carbocycles. The van der Waals surface area contributed by atoms with Gasteiger partial charge in [-0.05, 0) is 34.4 Å². The van der Waals surface area contributed by atoms with Gasteiger partial charge in [0.2, 0.25) is 0 Å². The fourth-order valence-electron chi connectivity index (χ4n) is 3.63. The smallest absolute Gasteiger partial charge is 0.279 e. The highest BCUT2D eigenvalue weighted by molar-refractivity contribution is 7.10. The maximum atomic E-state index is 12.5. The first-order valence-electron chi connectivity index (χ1n) is 8.46. The van der Waals surface area contributed by atoms with Crippen LogP contribution in [0, 0.1) is 0 Å². The molecule has 3 aromatic rings. The zero-order valence-electron chi connectivity index (χ0n) is 13.5. The third-order valence-corrected chi connectivity index (χ3v) is 5.78. The highest BCUT2D eigenvalue weighted by Crippen LogP contribution is 2.23. The maximum absolute atomic E-state index is 12.5. The van der Waals surface area contributed by atoms with Crippen LogP contribution in [0.25, 0.3) is 10.8 Å². The summed E-state index contributed by atoms with van der Waals surface area (Å²) in [4.78, 5) is 15.3. The molecule has 1 unspecified atom stereocenters. The van der Waals surface area contributed by atoms with E-state index in [0.717, 1.165) is 17.6 Å². The molecule has 2 aromatic carbocycles. The number of anilines is 1. The minimum absolute atomic E-state index is 0.101. The van der Waals surface area contributed by atoms with Gasteiger partial charge in [0.05, 0.1) is 11.4 Å². The third-order valence-electron chi connectivity index (χ3n) is 4.79. The molecule has 1 saturated heterocycles. The van der Waals surface area contributed by atoms with Gasteiger partial charge in [-0.2, -0.15) is 0 Å². The summed E-state index contributed by atoms with van der Waals surface area (Å²) in [6, 6.07) is 19.1. The topological polar surface area (TPSA) is 33.5 Å². The Hall–Kier alpha value is -2.17. The molecule has 3 nitrogen and oxygen atoms in total. The van der Waals surface area contributed by atoms with Crippen LogP contribution >= 0.6 is 11.3 Å². The van der Waals surface area contributed by atoms with Gasteiger partial charge in [0.25, 0.3) is 5.91 Å².